The van der Waals surface area contributed by atoms with Gasteiger partial charge in [-0.1, -0.05) is 17.7 Å². The van der Waals surface area contributed by atoms with Crippen LogP contribution in [0.4, 0.5) is 5.82 Å². The summed E-state index contributed by atoms with van der Waals surface area (Å²) in [6.45, 7) is 0. The molecular weight excluding hydrogens is 330 g/mol. The van der Waals surface area contributed by atoms with Gasteiger partial charge in [0, 0.05) is 37.1 Å². The van der Waals surface area contributed by atoms with Crippen LogP contribution in [-0.2, 0) is 4.79 Å². The summed E-state index contributed by atoms with van der Waals surface area (Å²) in [4.78, 5) is 36.7. The Morgan fingerprint density at radius 2 is 1.96 bits per heavy atom. The number of imidazole rings is 1. The van der Waals surface area contributed by atoms with Crippen LogP contribution in [-0.4, -0.2) is 53.3 Å². The van der Waals surface area contributed by atoms with E-state index in [1.54, 1.807) is 27.2 Å². The number of carbonyl (C=O) groups excluding carboxylic acids is 2. The second kappa shape index (κ2) is 6.01. The van der Waals surface area contributed by atoms with Crippen LogP contribution in [0.5, 0.6) is 0 Å². The topological polar surface area (TPSA) is 85.1 Å². The molecule has 0 saturated heterocycles. The SMILES string of the molecule is CN(C)C(=O)c1[nH]c(-c2cc3ccc(Cl)cc3[nH]2)nc1N(C)C=O. The van der Waals surface area contributed by atoms with Crippen LogP contribution < -0.4 is 4.90 Å². The number of hydrogen-bond donors (Lipinski definition) is 2. The number of amides is 2. The van der Waals surface area contributed by atoms with E-state index in [1.165, 1.54) is 9.80 Å². The van der Waals surface area contributed by atoms with Crippen molar-refractivity contribution >= 4 is 40.6 Å². The van der Waals surface area contributed by atoms with Crippen molar-refractivity contribution in [3.05, 3.63) is 35.0 Å². The van der Waals surface area contributed by atoms with Gasteiger partial charge in [0.05, 0.1) is 5.69 Å². The molecule has 0 aliphatic carbocycles. The molecule has 0 aliphatic rings. The third-order valence-electron chi connectivity index (χ3n) is 3.64. The molecule has 2 amide bonds. The van der Waals surface area contributed by atoms with Gasteiger partial charge >= 0.3 is 0 Å². The Hall–Kier alpha value is -2.80. The lowest BCUT2D eigenvalue weighted by molar-refractivity contribution is -0.107. The van der Waals surface area contributed by atoms with Crippen LogP contribution in [0.1, 0.15) is 10.5 Å². The van der Waals surface area contributed by atoms with Crippen molar-refractivity contribution in [1.29, 1.82) is 0 Å². The molecule has 0 atom stereocenters. The standard InChI is InChI=1S/C16H16ClN5O2/c1-21(2)16(24)13-15(22(3)8-23)20-14(19-13)12-6-9-4-5-10(17)7-11(9)18-12/h4-8,18H,1-3H3,(H,19,20). The second-order valence-electron chi connectivity index (χ2n) is 5.61. The van der Waals surface area contributed by atoms with Gasteiger partial charge in [0.15, 0.2) is 11.6 Å². The largest absolute Gasteiger partial charge is 0.352 e. The van der Waals surface area contributed by atoms with Gasteiger partial charge in [-0.25, -0.2) is 4.98 Å². The number of fused-ring (bicyclic) bond motifs is 1. The van der Waals surface area contributed by atoms with E-state index in [1.807, 2.05) is 18.2 Å². The Morgan fingerprint density at radius 3 is 2.62 bits per heavy atom. The van der Waals surface area contributed by atoms with Crippen molar-refractivity contribution in [1.82, 2.24) is 19.9 Å². The van der Waals surface area contributed by atoms with E-state index in [0.717, 1.165) is 10.9 Å². The molecule has 0 unspecified atom stereocenters. The van der Waals surface area contributed by atoms with Gasteiger partial charge in [-0.3, -0.25) is 9.59 Å². The van der Waals surface area contributed by atoms with Crippen molar-refractivity contribution in [2.24, 2.45) is 0 Å². The minimum atomic E-state index is -0.267. The first-order valence-electron chi connectivity index (χ1n) is 7.19. The van der Waals surface area contributed by atoms with E-state index in [-0.39, 0.29) is 17.4 Å². The smallest absolute Gasteiger partial charge is 0.273 e. The molecule has 0 spiro atoms. The third kappa shape index (κ3) is 2.74. The summed E-state index contributed by atoms with van der Waals surface area (Å²) in [6.07, 6.45) is 0.609. The summed E-state index contributed by atoms with van der Waals surface area (Å²) in [6, 6.07) is 7.41. The van der Waals surface area contributed by atoms with Gasteiger partial charge in [0.25, 0.3) is 5.91 Å². The first kappa shape index (κ1) is 16.1. The van der Waals surface area contributed by atoms with Crippen LogP contribution in [0.3, 0.4) is 0 Å². The second-order valence-corrected chi connectivity index (χ2v) is 6.05. The number of aromatic nitrogens is 3. The van der Waals surface area contributed by atoms with Crippen LogP contribution >= 0.6 is 11.6 Å². The number of aromatic amines is 2. The Kier molecular flexibility index (Phi) is 4.02. The summed E-state index contributed by atoms with van der Waals surface area (Å²) in [5.41, 5.74) is 1.81. The molecule has 0 bridgehead atoms. The van der Waals surface area contributed by atoms with Crippen LogP contribution in [0.15, 0.2) is 24.3 Å². The normalized spacial score (nSPS) is 10.8. The number of halogens is 1. The van der Waals surface area contributed by atoms with Gasteiger partial charge in [-0.15, -0.1) is 0 Å². The van der Waals surface area contributed by atoms with Crippen LogP contribution in [0.25, 0.3) is 22.4 Å². The zero-order chi connectivity index (χ0) is 17.4. The number of hydrogen-bond acceptors (Lipinski definition) is 3. The number of H-pyrrole nitrogens is 2. The molecule has 3 rings (SSSR count). The third-order valence-corrected chi connectivity index (χ3v) is 3.87. The molecule has 0 fully saturated rings. The van der Waals surface area contributed by atoms with Crippen molar-refractivity contribution in [2.75, 3.05) is 26.0 Å². The van der Waals surface area contributed by atoms with E-state index >= 15 is 0 Å². The molecule has 7 nitrogen and oxygen atoms in total. The molecule has 2 heterocycles. The number of nitrogens with one attached hydrogen (secondary N) is 2. The Labute approximate surface area is 143 Å². The monoisotopic (exact) mass is 345 g/mol. The molecule has 1 aromatic carbocycles. The molecule has 0 radical (unpaired) electrons. The summed E-state index contributed by atoms with van der Waals surface area (Å²) >= 11 is 6.00. The lowest BCUT2D eigenvalue weighted by Crippen LogP contribution is -2.25. The molecule has 2 aromatic heterocycles. The minimum Gasteiger partial charge on any atom is -0.352 e. The summed E-state index contributed by atoms with van der Waals surface area (Å²) < 4.78 is 0. The zero-order valence-corrected chi connectivity index (χ0v) is 14.2. The first-order chi connectivity index (χ1) is 11.4. The van der Waals surface area contributed by atoms with E-state index < -0.39 is 0 Å². The lowest BCUT2D eigenvalue weighted by Gasteiger charge is -2.12. The van der Waals surface area contributed by atoms with Crippen molar-refractivity contribution < 1.29 is 9.59 Å². The highest BCUT2D eigenvalue weighted by molar-refractivity contribution is 6.31. The molecule has 8 heteroatoms. The van der Waals surface area contributed by atoms with Crippen molar-refractivity contribution in [3.8, 4) is 11.5 Å². The average molecular weight is 346 g/mol. The predicted molar refractivity (Wildman–Crippen MR) is 93.4 cm³/mol. The van der Waals surface area contributed by atoms with Gasteiger partial charge in [0.2, 0.25) is 6.41 Å². The van der Waals surface area contributed by atoms with Gasteiger partial charge in [0.1, 0.15) is 5.69 Å². The van der Waals surface area contributed by atoms with E-state index in [9.17, 15) is 9.59 Å². The number of nitrogens with zero attached hydrogens (tertiary/aromatic N) is 3. The number of benzene rings is 1. The zero-order valence-electron chi connectivity index (χ0n) is 13.4. The maximum Gasteiger partial charge on any atom is 0.273 e. The highest BCUT2D eigenvalue weighted by Crippen LogP contribution is 2.27. The molecule has 24 heavy (non-hydrogen) atoms. The molecule has 2 N–H and O–H groups in total. The highest BCUT2D eigenvalue weighted by Gasteiger charge is 2.22. The van der Waals surface area contributed by atoms with Gasteiger partial charge in [-0.05, 0) is 18.2 Å². The van der Waals surface area contributed by atoms with Crippen molar-refractivity contribution in [2.45, 2.75) is 0 Å². The summed E-state index contributed by atoms with van der Waals surface area (Å²) in [7, 11) is 4.82. The fraction of sp³-hybridized carbons (Fsp3) is 0.188. The van der Waals surface area contributed by atoms with Crippen LogP contribution in [0.2, 0.25) is 5.02 Å². The van der Waals surface area contributed by atoms with Crippen LogP contribution in [0, 0.1) is 0 Å². The molecule has 0 saturated carbocycles. The minimum absolute atomic E-state index is 0.251. The number of rotatable bonds is 4. The maximum absolute atomic E-state index is 12.3. The summed E-state index contributed by atoms with van der Waals surface area (Å²) in [5.74, 6) is 0.475. The fourth-order valence-electron chi connectivity index (χ4n) is 2.40. The predicted octanol–water partition coefficient (Wildman–Crippen LogP) is 2.51. The van der Waals surface area contributed by atoms with Gasteiger partial charge < -0.3 is 19.8 Å². The Bertz CT molecular complexity index is 928. The van der Waals surface area contributed by atoms with E-state index in [2.05, 4.69) is 15.0 Å². The van der Waals surface area contributed by atoms with E-state index in [4.69, 9.17) is 11.6 Å². The lowest BCUT2D eigenvalue weighted by atomic mass is 10.2. The summed E-state index contributed by atoms with van der Waals surface area (Å²) in [5, 5.41) is 1.59. The van der Waals surface area contributed by atoms with E-state index in [0.29, 0.717) is 23.0 Å². The molecule has 124 valence electrons. The number of carbonyl (C=O) groups is 2. The van der Waals surface area contributed by atoms with Crippen molar-refractivity contribution in [3.63, 3.8) is 0 Å². The highest BCUT2D eigenvalue weighted by atomic mass is 35.5. The average Bonchev–Trinajstić information content (AvgIpc) is 3.16. The molecule has 3 aromatic rings. The first-order valence-corrected chi connectivity index (χ1v) is 7.57. The Morgan fingerprint density at radius 1 is 1.21 bits per heavy atom. The molecule has 0 aliphatic heterocycles. The number of anilines is 1. The fourth-order valence-corrected chi connectivity index (χ4v) is 2.57. The molecular formula is C16H16ClN5O2. The maximum atomic E-state index is 12.3. The Balaban J connectivity index is 2.12. The quantitative estimate of drug-likeness (QED) is 0.712. The van der Waals surface area contributed by atoms with Gasteiger partial charge in [-0.2, -0.15) is 0 Å².